The normalized spacial score (nSPS) is 21.0. The van der Waals surface area contributed by atoms with E-state index >= 15 is 0 Å². The number of pyridine rings is 1. The van der Waals surface area contributed by atoms with Crippen molar-refractivity contribution in [2.24, 2.45) is 5.92 Å². The summed E-state index contributed by atoms with van der Waals surface area (Å²) in [7, 11) is -3.22. The van der Waals surface area contributed by atoms with Gasteiger partial charge in [0.05, 0.1) is 16.7 Å². The van der Waals surface area contributed by atoms with E-state index in [0.717, 1.165) is 50.0 Å². The van der Waals surface area contributed by atoms with E-state index in [1.165, 1.54) is 12.5 Å². The van der Waals surface area contributed by atoms with Crippen molar-refractivity contribution in [3.05, 3.63) is 30.1 Å². The summed E-state index contributed by atoms with van der Waals surface area (Å²) < 4.78 is 34.8. The van der Waals surface area contributed by atoms with Crippen molar-refractivity contribution >= 4 is 21.5 Å². The van der Waals surface area contributed by atoms with Gasteiger partial charge in [-0.05, 0) is 76.5 Å². The number of amides is 1. The van der Waals surface area contributed by atoms with Crippen LogP contribution < -0.4 is 0 Å². The molecule has 0 spiro atoms. The maximum Gasteiger partial charge on any atom is 0.410 e. The molecule has 1 aromatic rings. The van der Waals surface area contributed by atoms with E-state index in [1.54, 1.807) is 17.0 Å². The standard InChI is InChI=1S/C23H34N2O5S/c1-23(2,3)30-22(26)25-13-11-17(12-14-25)16-29-19-7-5-18(6-8-19)21-10-9-20(15-24-21)31(4,27)28/h5,9-10,15,17,19H,6-8,11-14,16H2,1-4H3. The molecule has 31 heavy (non-hydrogen) atoms. The number of aromatic nitrogens is 1. The maximum absolute atomic E-state index is 12.2. The first-order valence-electron chi connectivity index (χ1n) is 11.0. The Morgan fingerprint density at radius 2 is 1.90 bits per heavy atom. The minimum Gasteiger partial charge on any atom is -0.444 e. The van der Waals surface area contributed by atoms with E-state index in [2.05, 4.69) is 11.1 Å². The van der Waals surface area contributed by atoms with Gasteiger partial charge in [0.25, 0.3) is 0 Å². The first-order chi connectivity index (χ1) is 14.5. The number of ether oxygens (including phenoxy) is 2. The Morgan fingerprint density at radius 3 is 2.42 bits per heavy atom. The predicted octanol–water partition coefficient (Wildman–Crippen LogP) is 4.08. The first kappa shape index (κ1) is 23.7. The Bertz CT molecular complexity index is 895. The zero-order chi connectivity index (χ0) is 22.6. The van der Waals surface area contributed by atoms with Crippen molar-refractivity contribution in [1.29, 1.82) is 0 Å². The molecule has 0 N–H and O–H groups in total. The molecule has 7 nitrogen and oxygen atoms in total. The molecule has 0 aromatic carbocycles. The van der Waals surface area contributed by atoms with Gasteiger partial charge in [0, 0.05) is 32.1 Å². The van der Waals surface area contributed by atoms with Gasteiger partial charge in [0.1, 0.15) is 5.60 Å². The van der Waals surface area contributed by atoms with Crippen molar-refractivity contribution in [3.8, 4) is 0 Å². The van der Waals surface area contributed by atoms with Crippen molar-refractivity contribution < 1.29 is 22.7 Å². The third-order valence-corrected chi connectivity index (χ3v) is 6.79. The molecule has 2 aliphatic rings. The highest BCUT2D eigenvalue weighted by Crippen LogP contribution is 2.29. The monoisotopic (exact) mass is 450 g/mol. The quantitative estimate of drug-likeness (QED) is 0.672. The van der Waals surface area contributed by atoms with Crippen LogP contribution in [0.4, 0.5) is 4.79 Å². The lowest BCUT2D eigenvalue weighted by Gasteiger charge is -2.34. The van der Waals surface area contributed by atoms with Crippen molar-refractivity contribution in [2.45, 2.75) is 69.5 Å². The fraction of sp³-hybridized carbons (Fsp3) is 0.652. The summed E-state index contributed by atoms with van der Waals surface area (Å²) in [5, 5.41) is 0. The largest absolute Gasteiger partial charge is 0.444 e. The lowest BCUT2D eigenvalue weighted by molar-refractivity contribution is -0.00378. The molecule has 1 aliphatic heterocycles. The number of allylic oxidation sites excluding steroid dienone is 1. The molecule has 8 heteroatoms. The average Bonchev–Trinajstić information content (AvgIpc) is 2.71. The number of hydrogen-bond acceptors (Lipinski definition) is 6. The number of hydrogen-bond donors (Lipinski definition) is 0. The molecular weight excluding hydrogens is 416 g/mol. The van der Waals surface area contributed by atoms with Gasteiger partial charge in [-0.15, -0.1) is 0 Å². The summed E-state index contributed by atoms with van der Waals surface area (Å²) in [5.41, 5.74) is 1.52. The third kappa shape index (κ3) is 7.04. The Kier molecular flexibility index (Phi) is 7.42. The van der Waals surface area contributed by atoms with Crippen LogP contribution in [0.1, 0.15) is 58.6 Å². The molecule has 1 fully saturated rings. The number of rotatable bonds is 5. The van der Waals surface area contributed by atoms with Crippen molar-refractivity contribution in [3.63, 3.8) is 0 Å². The molecule has 2 heterocycles. The smallest absolute Gasteiger partial charge is 0.410 e. The van der Waals surface area contributed by atoms with E-state index < -0.39 is 15.4 Å². The summed E-state index contributed by atoms with van der Waals surface area (Å²) in [6, 6.07) is 3.40. The second-order valence-corrected chi connectivity index (χ2v) is 11.5. The van der Waals surface area contributed by atoms with Crippen LogP contribution in [0.25, 0.3) is 5.57 Å². The van der Waals surface area contributed by atoms with E-state index in [0.29, 0.717) is 19.0 Å². The Balaban J connectivity index is 1.42. The second-order valence-electron chi connectivity index (χ2n) is 9.52. The average molecular weight is 451 g/mol. The van der Waals surface area contributed by atoms with E-state index in [4.69, 9.17) is 9.47 Å². The summed E-state index contributed by atoms with van der Waals surface area (Å²) >= 11 is 0. The number of carbonyl (C=O) groups excluding carboxylic acids is 1. The minimum atomic E-state index is -3.22. The van der Waals surface area contributed by atoms with Crippen LogP contribution in [-0.4, -0.2) is 62.1 Å². The number of likely N-dealkylation sites (tertiary alicyclic amines) is 1. The SMILES string of the molecule is CC(C)(C)OC(=O)N1CCC(COC2CC=C(c3ccc(S(C)(=O)=O)cn3)CC2)CC1. The molecule has 1 amide bonds. The highest BCUT2D eigenvalue weighted by molar-refractivity contribution is 7.90. The van der Waals surface area contributed by atoms with Crippen LogP contribution in [0.2, 0.25) is 0 Å². The van der Waals surface area contributed by atoms with E-state index in [-0.39, 0.29) is 17.1 Å². The molecule has 172 valence electrons. The third-order valence-electron chi connectivity index (χ3n) is 5.69. The van der Waals surface area contributed by atoms with Crippen LogP contribution in [-0.2, 0) is 19.3 Å². The van der Waals surface area contributed by atoms with Gasteiger partial charge < -0.3 is 14.4 Å². The van der Waals surface area contributed by atoms with Crippen molar-refractivity contribution in [1.82, 2.24) is 9.88 Å². The molecule has 3 rings (SSSR count). The van der Waals surface area contributed by atoms with Crippen LogP contribution in [0.3, 0.4) is 0 Å². The lowest BCUT2D eigenvalue weighted by Crippen LogP contribution is -2.42. The van der Waals surface area contributed by atoms with Crippen LogP contribution in [0, 0.1) is 5.92 Å². The van der Waals surface area contributed by atoms with Gasteiger partial charge >= 0.3 is 6.09 Å². The Hall–Kier alpha value is -1.93. The predicted molar refractivity (Wildman–Crippen MR) is 119 cm³/mol. The zero-order valence-electron chi connectivity index (χ0n) is 19.0. The summed E-state index contributed by atoms with van der Waals surface area (Å²) in [4.78, 5) is 18.5. The molecular formula is C23H34N2O5S. The molecule has 1 aliphatic carbocycles. The van der Waals surface area contributed by atoms with Crippen LogP contribution in [0.15, 0.2) is 29.3 Å². The van der Waals surface area contributed by atoms with Crippen LogP contribution >= 0.6 is 0 Å². The van der Waals surface area contributed by atoms with Gasteiger partial charge in [-0.1, -0.05) is 6.08 Å². The molecule has 1 atom stereocenters. The highest BCUT2D eigenvalue weighted by Gasteiger charge is 2.27. The van der Waals surface area contributed by atoms with Gasteiger partial charge in [-0.2, -0.15) is 0 Å². The number of carbonyl (C=O) groups is 1. The number of sulfone groups is 1. The molecule has 0 radical (unpaired) electrons. The van der Waals surface area contributed by atoms with Gasteiger partial charge in [0.15, 0.2) is 9.84 Å². The maximum atomic E-state index is 12.2. The topological polar surface area (TPSA) is 85.8 Å². The zero-order valence-corrected chi connectivity index (χ0v) is 19.8. The molecule has 1 saturated heterocycles. The number of piperidine rings is 1. The molecule has 0 bridgehead atoms. The fourth-order valence-electron chi connectivity index (χ4n) is 3.86. The molecule has 1 aromatic heterocycles. The van der Waals surface area contributed by atoms with Crippen molar-refractivity contribution in [2.75, 3.05) is 26.0 Å². The molecule has 0 saturated carbocycles. The highest BCUT2D eigenvalue weighted by atomic mass is 32.2. The van der Waals surface area contributed by atoms with Crippen LogP contribution in [0.5, 0.6) is 0 Å². The van der Waals surface area contributed by atoms with Gasteiger partial charge in [-0.3, -0.25) is 4.98 Å². The summed E-state index contributed by atoms with van der Waals surface area (Å²) in [6.45, 7) is 7.81. The fourth-order valence-corrected chi connectivity index (χ4v) is 4.42. The lowest BCUT2D eigenvalue weighted by atomic mass is 9.94. The van der Waals surface area contributed by atoms with E-state index in [1.807, 2.05) is 20.8 Å². The summed E-state index contributed by atoms with van der Waals surface area (Å²) in [5.74, 6) is 0.467. The van der Waals surface area contributed by atoms with E-state index in [9.17, 15) is 13.2 Å². The molecule has 1 unspecified atom stereocenters. The second kappa shape index (κ2) is 9.69. The van der Waals surface area contributed by atoms with Gasteiger partial charge in [-0.25, -0.2) is 13.2 Å². The summed E-state index contributed by atoms with van der Waals surface area (Å²) in [6.07, 6.45) is 9.24. The minimum absolute atomic E-state index is 0.197. The number of nitrogens with zero attached hydrogens (tertiary/aromatic N) is 2. The Morgan fingerprint density at radius 1 is 1.19 bits per heavy atom. The Labute approximate surface area is 185 Å². The first-order valence-corrected chi connectivity index (χ1v) is 12.9. The van der Waals surface area contributed by atoms with Gasteiger partial charge in [0.2, 0.25) is 0 Å².